The van der Waals surface area contributed by atoms with Crippen LogP contribution in [0.1, 0.15) is 62.6 Å². The van der Waals surface area contributed by atoms with E-state index in [1.807, 2.05) is 48.5 Å². The highest BCUT2D eigenvalue weighted by Gasteiger charge is 2.35. The minimum Gasteiger partial charge on any atom is -0.391 e. The first-order chi connectivity index (χ1) is 33.5. The SMILES string of the molecule is CC(=O)N[C@@H](CCCN=C(N)N)C(=O)N[C@@H](CCCCN)C(=O)N[C@H](C(=O)N[C@@H](Cc1c[nH]c2ccccc12)C(=O)N[C@@H](Cc1ccccc1)C(=O)N[C@@H](Cc1c[nH]c2ccccc12)C(N)=O)[C@@H](C)O. The van der Waals surface area contributed by atoms with E-state index in [0.717, 1.165) is 27.4 Å². The molecule has 0 aliphatic carbocycles. The Morgan fingerprint density at radius 3 is 1.60 bits per heavy atom. The number of aliphatic imine (C=N–C) groups is 1. The second-order valence-electron chi connectivity index (χ2n) is 17.2. The quantitative estimate of drug-likeness (QED) is 0.0183. The number of guanidine groups is 1. The first-order valence-electron chi connectivity index (χ1n) is 23.2. The number of aliphatic hydroxyl groups excluding tert-OH is 1. The van der Waals surface area contributed by atoms with Gasteiger partial charge in [0.1, 0.15) is 36.3 Å². The Bertz CT molecular complexity index is 2610. The van der Waals surface area contributed by atoms with Gasteiger partial charge in [0.05, 0.1) is 6.10 Å². The number of unbranched alkanes of at least 4 members (excludes halogenated alkanes) is 1. The molecule has 70 heavy (non-hydrogen) atoms. The summed E-state index contributed by atoms with van der Waals surface area (Å²) >= 11 is 0. The molecular weight excluding hydrogens is 899 g/mol. The molecule has 0 aliphatic rings. The van der Waals surface area contributed by atoms with Crippen LogP contribution in [0.25, 0.3) is 21.8 Å². The molecule has 17 N–H and O–H groups in total. The van der Waals surface area contributed by atoms with Crippen molar-refractivity contribution in [3.8, 4) is 0 Å². The Morgan fingerprint density at radius 2 is 1.04 bits per heavy atom. The minimum absolute atomic E-state index is 0.0204. The minimum atomic E-state index is -1.66. The average molecular weight is 964 g/mol. The highest BCUT2D eigenvalue weighted by molar-refractivity contribution is 5.98. The fraction of sp³-hybridized carbons (Fsp3) is 0.388. The summed E-state index contributed by atoms with van der Waals surface area (Å²) in [6, 6.07) is 15.8. The van der Waals surface area contributed by atoms with Gasteiger partial charge in [-0.2, -0.15) is 0 Å². The summed E-state index contributed by atoms with van der Waals surface area (Å²) in [6.45, 7) is 2.99. The third-order valence-electron chi connectivity index (χ3n) is 11.7. The van der Waals surface area contributed by atoms with Crippen LogP contribution in [0.2, 0.25) is 0 Å². The van der Waals surface area contributed by atoms with E-state index in [-0.39, 0.29) is 44.6 Å². The molecule has 0 bridgehead atoms. The number of nitrogens with zero attached hydrogens (tertiary/aromatic N) is 1. The van der Waals surface area contributed by atoms with Crippen LogP contribution in [0.3, 0.4) is 0 Å². The van der Waals surface area contributed by atoms with E-state index in [4.69, 9.17) is 22.9 Å². The topological polar surface area (TPSA) is 360 Å². The van der Waals surface area contributed by atoms with Gasteiger partial charge in [0.15, 0.2) is 5.96 Å². The van der Waals surface area contributed by atoms with Crippen LogP contribution in [0.4, 0.5) is 0 Å². The number of hydrogen-bond acceptors (Lipinski definition) is 10. The highest BCUT2D eigenvalue weighted by atomic mass is 16.3. The first kappa shape index (κ1) is 53.2. The Morgan fingerprint density at radius 1 is 0.571 bits per heavy atom. The largest absolute Gasteiger partial charge is 0.391 e. The lowest BCUT2D eigenvalue weighted by Gasteiger charge is -2.28. The summed E-state index contributed by atoms with van der Waals surface area (Å²) in [5.74, 6) is -5.42. The number of aromatic nitrogens is 2. The van der Waals surface area contributed by atoms with E-state index in [1.54, 1.807) is 42.7 Å². The average Bonchev–Trinajstić information content (AvgIpc) is 3.94. The molecule has 21 nitrogen and oxygen atoms in total. The zero-order valence-electron chi connectivity index (χ0n) is 39.3. The Hall–Kier alpha value is -7.78. The number of carbonyl (C=O) groups excluding carboxylic acids is 7. The molecule has 2 aromatic heterocycles. The molecule has 7 atom stereocenters. The van der Waals surface area contributed by atoms with Gasteiger partial charge in [-0.15, -0.1) is 0 Å². The molecule has 0 unspecified atom stereocenters. The van der Waals surface area contributed by atoms with Gasteiger partial charge in [0, 0.05) is 66.9 Å². The summed E-state index contributed by atoms with van der Waals surface area (Å²) in [5, 5.41) is 28.6. The lowest BCUT2D eigenvalue weighted by molar-refractivity contribution is -0.137. The molecule has 0 spiro atoms. The van der Waals surface area contributed by atoms with Crippen molar-refractivity contribution in [2.24, 2.45) is 27.9 Å². The molecule has 7 amide bonds. The fourth-order valence-corrected chi connectivity index (χ4v) is 8.05. The van der Waals surface area contributed by atoms with E-state index >= 15 is 0 Å². The van der Waals surface area contributed by atoms with Crippen LogP contribution in [0.5, 0.6) is 0 Å². The smallest absolute Gasteiger partial charge is 0.245 e. The van der Waals surface area contributed by atoms with Crippen LogP contribution in [0, 0.1) is 0 Å². The number of H-pyrrole nitrogens is 2. The van der Waals surface area contributed by atoms with Crippen LogP contribution in [0.15, 0.2) is 96.2 Å². The molecule has 0 aliphatic heterocycles. The van der Waals surface area contributed by atoms with Crippen LogP contribution in [-0.2, 0) is 52.8 Å². The molecule has 21 heteroatoms. The highest BCUT2D eigenvalue weighted by Crippen LogP contribution is 2.21. The van der Waals surface area contributed by atoms with Crippen molar-refractivity contribution >= 4 is 69.1 Å². The third-order valence-corrected chi connectivity index (χ3v) is 11.7. The lowest BCUT2D eigenvalue weighted by atomic mass is 10.00. The number of primary amides is 1. The predicted octanol–water partition coefficient (Wildman–Crippen LogP) is -0.346. The van der Waals surface area contributed by atoms with Gasteiger partial charge in [-0.3, -0.25) is 38.6 Å². The lowest BCUT2D eigenvalue weighted by Crippen LogP contribution is -2.62. The van der Waals surface area contributed by atoms with Crippen LogP contribution in [-0.4, -0.2) is 118 Å². The van der Waals surface area contributed by atoms with Crippen molar-refractivity contribution in [3.63, 3.8) is 0 Å². The first-order valence-corrected chi connectivity index (χ1v) is 23.2. The van der Waals surface area contributed by atoms with Gasteiger partial charge in [-0.05, 0) is 74.4 Å². The number of fused-ring (bicyclic) bond motifs is 2. The number of benzene rings is 3. The van der Waals surface area contributed by atoms with Crippen LogP contribution >= 0.6 is 0 Å². The number of para-hydroxylation sites is 2. The van der Waals surface area contributed by atoms with Crippen LogP contribution < -0.4 is 54.8 Å². The maximum atomic E-state index is 14.7. The number of nitrogens with one attached hydrogen (secondary N) is 8. The summed E-state index contributed by atoms with van der Waals surface area (Å²) in [4.78, 5) is 106. The molecule has 3 aromatic carbocycles. The summed E-state index contributed by atoms with van der Waals surface area (Å²) in [6.07, 6.45) is 3.23. The van der Waals surface area contributed by atoms with Crippen molar-refractivity contribution in [1.29, 1.82) is 0 Å². The van der Waals surface area contributed by atoms with Gasteiger partial charge in [-0.25, -0.2) is 0 Å². The van der Waals surface area contributed by atoms with Crippen molar-refractivity contribution in [2.45, 2.75) is 108 Å². The number of rotatable bonds is 27. The number of aromatic amines is 2. The number of amides is 7. The number of nitrogens with two attached hydrogens (primary N) is 4. The summed E-state index contributed by atoms with van der Waals surface area (Å²) < 4.78 is 0. The van der Waals surface area contributed by atoms with Crippen molar-refractivity contribution in [3.05, 3.63) is 108 Å². The molecule has 5 rings (SSSR count). The maximum Gasteiger partial charge on any atom is 0.245 e. The van der Waals surface area contributed by atoms with Gasteiger partial charge in [0.25, 0.3) is 0 Å². The molecular formula is C49H65N13O8. The Kier molecular flexibility index (Phi) is 19.8. The second kappa shape index (κ2) is 26.1. The number of aliphatic hydroxyl groups is 1. The Balaban J connectivity index is 1.40. The third kappa shape index (κ3) is 15.6. The molecule has 0 saturated heterocycles. The molecule has 0 saturated carbocycles. The second-order valence-corrected chi connectivity index (χ2v) is 17.2. The monoisotopic (exact) mass is 964 g/mol. The van der Waals surface area contributed by atoms with E-state index in [2.05, 4.69) is 46.9 Å². The van der Waals surface area contributed by atoms with Gasteiger partial charge >= 0.3 is 0 Å². The van der Waals surface area contributed by atoms with Gasteiger partial charge in [-0.1, -0.05) is 66.7 Å². The predicted molar refractivity (Wildman–Crippen MR) is 265 cm³/mol. The van der Waals surface area contributed by atoms with E-state index in [0.29, 0.717) is 36.9 Å². The van der Waals surface area contributed by atoms with E-state index < -0.39 is 83.7 Å². The van der Waals surface area contributed by atoms with Gasteiger partial charge in [0.2, 0.25) is 41.4 Å². The zero-order chi connectivity index (χ0) is 50.7. The fourth-order valence-electron chi connectivity index (χ4n) is 8.05. The molecule has 0 radical (unpaired) electrons. The maximum absolute atomic E-state index is 14.7. The van der Waals surface area contributed by atoms with E-state index in [1.165, 1.54) is 13.8 Å². The summed E-state index contributed by atoms with van der Waals surface area (Å²) in [7, 11) is 0. The molecule has 374 valence electrons. The summed E-state index contributed by atoms with van der Waals surface area (Å²) in [5.41, 5.74) is 26.0. The molecule has 2 heterocycles. The Labute approximate surface area is 405 Å². The van der Waals surface area contributed by atoms with Gasteiger partial charge < -0.3 is 69.9 Å². The number of carbonyl (C=O) groups is 7. The van der Waals surface area contributed by atoms with Crippen molar-refractivity contribution in [1.82, 2.24) is 41.9 Å². The standard InChI is InChI=1S/C49H65N13O8/c1-28(63)42(62-45(67)38(19-10-11-21-50)58-44(66)37(57-29(2)64)20-12-22-54-49(52)53)48(70)61-41(25-32-27-56-36-18-9-7-16-34(32)36)47(69)60-40(23-30-13-4-3-5-14-30)46(68)59-39(43(51)65)24-31-26-55-35-17-8-6-15-33(31)35/h3-9,13-18,26-28,37-42,55-56,63H,10-12,19-25,50H2,1-2H3,(H2,51,65)(H,57,64)(H,58,66)(H,59,68)(H,60,69)(H,61,70)(H,62,67)(H4,52,53,54)/t28-,37+,38+,39+,40+,41+,42+/m1/s1. The molecule has 5 aromatic rings. The van der Waals surface area contributed by atoms with Crippen molar-refractivity contribution in [2.75, 3.05) is 13.1 Å². The normalized spacial score (nSPS) is 14.2. The zero-order valence-corrected chi connectivity index (χ0v) is 39.3. The number of hydrogen-bond donors (Lipinski definition) is 13. The van der Waals surface area contributed by atoms with E-state index in [9.17, 15) is 38.7 Å². The van der Waals surface area contributed by atoms with Crippen molar-refractivity contribution < 1.29 is 38.7 Å². The molecule has 0 fully saturated rings.